The number of ketones is 1. The standard InChI is InChI=1S/C22H27NO4.C20H22O5.C14H19N3O3.C13H16O5.C6H11N3O3.4H2O/c1-16-22(23-13-20(25)18-10-6-3-7-11-18)21(12-19(14-24)27-16)26-15-17-8-4-2-5-9-17;21-20(22)18-11-17(23-12-15-7-3-1-4-8-15)19(14-25-18)24-13-16-9-5-2-6-10-16;1-10-13(7-18)19-9-12(16-17-15)14(10)20-8-11-5-3-2-4-6-11;14-10-8-18-12(13(15)16)6-11(10)17-7-9-4-2-1-3-5-9;7-9-8-5-3-12-4(2-10)1-6(5)11;;;;/h2-11,16,19,21-24H,12-15H2,1H3;1-10,17-19H,11-14H2,(H,21,22);2-6,10,12-14,18H,7-9H2,1H3;1-5,10-12,14H,6-8H2,(H,15,16);4-6,10-11H,1-3H2;4*1H2/t16-,19?,21?,22?;;10-,12?,13?,14?;;;;;;/m1.1....../s1. The van der Waals surface area contributed by atoms with Crippen LogP contribution < -0.4 is 5.32 Å². The summed E-state index contributed by atoms with van der Waals surface area (Å²) in [7, 11) is 0. The summed E-state index contributed by atoms with van der Waals surface area (Å²) < 4.78 is 56.5. The Bertz CT molecular complexity index is 3440. The van der Waals surface area contributed by atoms with Crippen molar-refractivity contribution in [1.29, 1.82) is 0 Å². The lowest BCUT2D eigenvalue weighted by Crippen LogP contribution is -2.56. The lowest BCUT2D eigenvalue weighted by Gasteiger charge is -2.40. The molecule has 0 bridgehead atoms. The number of ether oxygens (including phenoxy) is 10. The number of rotatable bonds is 26. The van der Waals surface area contributed by atoms with E-state index in [2.05, 4.69) is 25.4 Å². The Balaban J connectivity index is 0.000000348. The molecule has 5 heterocycles. The van der Waals surface area contributed by atoms with Crippen molar-refractivity contribution >= 4 is 17.7 Å². The number of carbonyl (C=O) groups excluding carboxylic acids is 1. The van der Waals surface area contributed by atoms with Gasteiger partial charge in [0.2, 0.25) is 0 Å². The Morgan fingerprint density at radius 1 is 0.462 bits per heavy atom. The van der Waals surface area contributed by atoms with Crippen molar-refractivity contribution in [2.45, 2.75) is 170 Å². The molecule has 16 N–H and O–H groups in total. The third-order valence-electron chi connectivity index (χ3n) is 17.5. The molecule has 31 heteroatoms. The Labute approximate surface area is 615 Å². The Morgan fingerprint density at radius 3 is 1.31 bits per heavy atom. The predicted molar refractivity (Wildman–Crippen MR) is 387 cm³/mol. The van der Waals surface area contributed by atoms with Gasteiger partial charge in [0.15, 0.2) is 18.0 Å². The minimum atomic E-state index is -1.02. The van der Waals surface area contributed by atoms with E-state index in [9.17, 15) is 39.9 Å². The van der Waals surface area contributed by atoms with Crippen LogP contribution >= 0.6 is 0 Å². The number of hydrogen-bond acceptors (Lipinski definition) is 21. The molecular formula is C75H103N7O24. The molecule has 5 aliphatic heterocycles. The van der Waals surface area contributed by atoms with Crippen LogP contribution in [0.2, 0.25) is 0 Å². The topological polar surface area (TPSA) is 521 Å². The van der Waals surface area contributed by atoms with Crippen molar-refractivity contribution in [3.05, 3.63) is 236 Å². The van der Waals surface area contributed by atoms with Crippen molar-refractivity contribution in [2.24, 2.45) is 16.1 Å². The van der Waals surface area contributed by atoms with E-state index >= 15 is 0 Å². The first-order chi connectivity index (χ1) is 49.6. The fraction of sp³-hybridized carbons (Fsp3) is 0.480. The van der Waals surface area contributed by atoms with E-state index in [1.807, 2.05) is 196 Å². The van der Waals surface area contributed by atoms with Gasteiger partial charge in [0.25, 0.3) is 0 Å². The van der Waals surface area contributed by atoms with Gasteiger partial charge in [-0.05, 0) is 45.8 Å². The van der Waals surface area contributed by atoms with E-state index in [0.29, 0.717) is 51.4 Å². The minimum Gasteiger partial charge on any atom is -0.479 e. The van der Waals surface area contributed by atoms with Crippen LogP contribution in [0.1, 0.15) is 77.7 Å². The lowest BCUT2D eigenvalue weighted by atomic mass is 9.90. The number of nitrogens with one attached hydrogen (secondary N) is 1. The highest BCUT2D eigenvalue weighted by atomic mass is 16.6. The molecule has 6 aromatic carbocycles. The highest BCUT2D eigenvalue weighted by molar-refractivity contribution is 5.97. The van der Waals surface area contributed by atoms with Crippen LogP contribution in [0, 0.1) is 5.92 Å². The van der Waals surface area contributed by atoms with Gasteiger partial charge >= 0.3 is 11.9 Å². The fourth-order valence-electron chi connectivity index (χ4n) is 11.7. The second-order valence-electron chi connectivity index (χ2n) is 24.9. The molecule has 6 aromatic rings. The molecule has 582 valence electrons. The van der Waals surface area contributed by atoms with Crippen molar-refractivity contribution in [2.75, 3.05) is 52.8 Å². The first kappa shape index (κ1) is 92.0. The normalized spacial score (nSPS) is 26.3. The second-order valence-corrected chi connectivity index (χ2v) is 24.9. The SMILES string of the molecule is C[C@@H]1C(CO)OCC(N=[N+]=[N-])C1OCc1ccccc1.C[C@H]1OC(CO)CC(OCc2ccccc2)C1NCC(=O)c1ccccc1.O.O.O.O.O=C(O)C1CC(OCc2ccccc2)C(O)CO1.O=C(O)C1CC(OCc2ccccc2)C(OCc2ccccc2)CO1.[N-]=[N+]=NC1COC(CO)CC1O. The van der Waals surface area contributed by atoms with Crippen molar-refractivity contribution < 1.29 is 119 Å². The Kier molecular flexibility index (Phi) is 44.3. The summed E-state index contributed by atoms with van der Waals surface area (Å²) in [5.41, 5.74) is 22.7. The molecule has 0 spiro atoms. The quantitative estimate of drug-likeness (QED) is 0.0150. The third kappa shape index (κ3) is 31.3. The third-order valence-corrected chi connectivity index (χ3v) is 17.5. The Hall–Kier alpha value is -8.25. The number of nitrogens with zero attached hydrogens (tertiary/aromatic N) is 6. The summed E-state index contributed by atoms with van der Waals surface area (Å²) in [6, 6.07) is 57.3. The van der Waals surface area contributed by atoms with Crippen molar-refractivity contribution in [3.63, 3.8) is 0 Å². The molecule has 0 aliphatic carbocycles. The minimum absolute atomic E-state index is 0. The fourth-order valence-corrected chi connectivity index (χ4v) is 11.7. The molecule has 11 rings (SSSR count). The lowest BCUT2D eigenvalue weighted by molar-refractivity contribution is -0.187. The van der Waals surface area contributed by atoms with Gasteiger partial charge in [-0.25, -0.2) is 9.59 Å². The number of benzene rings is 6. The summed E-state index contributed by atoms with van der Waals surface area (Å²) in [6.07, 6.45) is -4.39. The number of hydrogen-bond donors (Lipinski definition) is 8. The molecule has 0 radical (unpaired) electrons. The largest absolute Gasteiger partial charge is 0.479 e. The van der Waals surface area contributed by atoms with E-state index in [-0.39, 0.29) is 160 Å². The average molecular weight is 1490 g/mol. The van der Waals surface area contributed by atoms with Crippen molar-refractivity contribution in [3.8, 4) is 0 Å². The molecule has 17 atom stereocenters. The van der Waals surface area contributed by atoms with Crippen LogP contribution in [0.25, 0.3) is 20.9 Å². The summed E-state index contributed by atoms with van der Waals surface area (Å²) in [6.45, 7) is 6.72. The monoisotopic (exact) mass is 1490 g/mol. The highest BCUT2D eigenvalue weighted by Gasteiger charge is 2.40. The molecule has 106 heavy (non-hydrogen) atoms. The molecule has 31 nitrogen and oxygen atoms in total. The van der Waals surface area contributed by atoms with Crippen LogP contribution in [0.5, 0.6) is 0 Å². The number of Topliss-reactive ketones (excluding diaryl/α,β-unsaturated/α-hetero) is 1. The molecule has 0 amide bonds. The van der Waals surface area contributed by atoms with Crippen LogP contribution in [-0.2, 0) is 90.0 Å². The summed E-state index contributed by atoms with van der Waals surface area (Å²) >= 11 is 0. The smallest absolute Gasteiger partial charge is 0.332 e. The van der Waals surface area contributed by atoms with E-state index in [0.717, 1.165) is 27.8 Å². The van der Waals surface area contributed by atoms with Gasteiger partial charge in [0, 0.05) is 47.0 Å². The number of carboxylic acids is 2. The highest BCUT2D eigenvalue weighted by Crippen LogP contribution is 2.29. The van der Waals surface area contributed by atoms with Gasteiger partial charge in [-0.2, -0.15) is 0 Å². The number of aliphatic carboxylic acids is 2. The zero-order chi connectivity index (χ0) is 72.9. The van der Waals surface area contributed by atoms with E-state index in [1.54, 1.807) is 0 Å². The molecule has 15 unspecified atom stereocenters. The van der Waals surface area contributed by atoms with Gasteiger partial charge in [-0.1, -0.05) is 199 Å². The van der Waals surface area contributed by atoms with Crippen molar-refractivity contribution in [1.82, 2.24) is 5.32 Å². The van der Waals surface area contributed by atoms with Gasteiger partial charge in [-0.15, -0.1) is 0 Å². The predicted octanol–water partition coefficient (Wildman–Crippen LogP) is 5.21. The Morgan fingerprint density at radius 2 is 0.868 bits per heavy atom. The van der Waals surface area contributed by atoms with Gasteiger partial charge in [0.05, 0.1) is 159 Å². The van der Waals surface area contributed by atoms with Gasteiger partial charge in [0.1, 0.15) is 12.2 Å². The zero-order valence-electron chi connectivity index (χ0n) is 59.3. The number of azide groups is 2. The van der Waals surface area contributed by atoms with E-state index in [4.69, 9.17) is 68.6 Å². The molecule has 5 aliphatic rings. The van der Waals surface area contributed by atoms with Gasteiger partial charge in [-0.3, -0.25) is 4.79 Å². The number of carbonyl (C=O) groups is 3. The number of aliphatic hydroxyl groups excluding tert-OH is 5. The number of aliphatic hydroxyl groups is 5. The van der Waals surface area contributed by atoms with Crippen LogP contribution in [-0.4, -0.2) is 226 Å². The first-order valence-electron chi connectivity index (χ1n) is 34.0. The van der Waals surface area contributed by atoms with Gasteiger partial charge < -0.3 is 110 Å². The molecule has 0 aromatic heterocycles. The maximum absolute atomic E-state index is 12.4. The van der Waals surface area contributed by atoms with Crippen LogP contribution in [0.15, 0.2) is 192 Å². The van der Waals surface area contributed by atoms with E-state index < -0.39 is 48.5 Å². The molecular weight excluding hydrogens is 1380 g/mol. The maximum atomic E-state index is 12.4. The first-order valence-corrected chi connectivity index (χ1v) is 34.0. The molecule has 5 saturated heterocycles. The van der Waals surface area contributed by atoms with Crippen LogP contribution in [0.3, 0.4) is 0 Å². The second kappa shape index (κ2) is 51.1. The molecule has 0 saturated carbocycles. The molecule has 5 fully saturated rings. The summed E-state index contributed by atoms with van der Waals surface area (Å²) in [4.78, 5) is 39.9. The average Bonchev–Trinajstić information content (AvgIpc) is 0.830. The zero-order valence-corrected chi connectivity index (χ0v) is 59.3. The summed E-state index contributed by atoms with van der Waals surface area (Å²) in [5.74, 6) is -1.98. The number of carboxylic acid groups (broad SMARTS) is 2. The summed E-state index contributed by atoms with van der Waals surface area (Å²) in [5, 5.41) is 75.0. The maximum Gasteiger partial charge on any atom is 0.332 e. The van der Waals surface area contributed by atoms with Crippen LogP contribution in [0.4, 0.5) is 0 Å². The van der Waals surface area contributed by atoms with E-state index in [1.165, 1.54) is 0 Å².